The van der Waals surface area contributed by atoms with Crippen LogP contribution in [0.4, 0.5) is 19.0 Å². The van der Waals surface area contributed by atoms with Crippen LogP contribution >= 0.6 is 11.6 Å². The van der Waals surface area contributed by atoms with Gasteiger partial charge in [-0.15, -0.1) is 0 Å². The molecule has 1 saturated carbocycles. The molecule has 1 aromatic carbocycles. The highest BCUT2D eigenvalue weighted by Gasteiger charge is 2.47. The van der Waals surface area contributed by atoms with Crippen molar-refractivity contribution in [1.82, 2.24) is 10.2 Å². The molecular formula is C14H12ClF3N4O3. The largest absolute Gasteiger partial charge is 0.491 e. The zero-order valence-corrected chi connectivity index (χ0v) is 13.3. The molecule has 0 saturated heterocycles. The number of nitrogens with one attached hydrogen (secondary N) is 1. The van der Waals surface area contributed by atoms with E-state index in [1.807, 2.05) is 0 Å². The molecule has 0 bridgehead atoms. The molecule has 1 atom stereocenters. The molecule has 1 heterocycles. The van der Waals surface area contributed by atoms with Crippen molar-refractivity contribution in [1.29, 1.82) is 0 Å². The lowest BCUT2D eigenvalue weighted by atomic mass is 10.2. The van der Waals surface area contributed by atoms with Crippen molar-refractivity contribution >= 4 is 40.2 Å². The Labute approximate surface area is 143 Å². The number of carbonyl (C=O) groups excluding carboxylic acids is 2. The highest BCUT2D eigenvalue weighted by molar-refractivity contribution is 6.31. The van der Waals surface area contributed by atoms with Gasteiger partial charge in [0, 0.05) is 16.5 Å². The normalized spacial score (nSPS) is 15.8. The lowest BCUT2D eigenvalue weighted by Crippen LogP contribution is -2.50. The van der Waals surface area contributed by atoms with E-state index in [4.69, 9.17) is 17.3 Å². The third-order valence-electron chi connectivity index (χ3n) is 3.64. The van der Waals surface area contributed by atoms with Gasteiger partial charge in [-0.3, -0.25) is 9.89 Å². The first kappa shape index (κ1) is 17.3. The summed E-state index contributed by atoms with van der Waals surface area (Å²) in [5.41, 5.74) is 5.70. The number of fused-ring (bicyclic) bond motifs is 1. The maximum Gasteiger partial charge on any atom is 0.491 e. The van der Waals surface area contributed by atoms with Crippen LogP contribution in [0.25, 0.3) is 10.9 Å². The number of alkyl halides is 3. The summed E-state index contributed by atoms with van der Waals surface area (Å²) in [4.78, 5) is 24.1. The van der Waals surface area contributed by atoms with Crippen LogP contribution in [0, 0.1) is 0 Å². The van der Waals surface area contributed by atoms with Crippen molar-refractivity contribution in [3.05, 3.63) is 23.2 Å². The van der Waals surface area contributed by atoms with Crippen LogP contribution in [0.3, 0.4) is 0 Å². The highest BCUT2D eigenvalue weighted by Crippen LogP contribution is 2.37. The molecule has 3 N–H and O–H groups in total. The van der Waals surface area contributed by atoms with Crippen LogP contribution in [0.2, 0.25) is 5.02 Å². The summed E-state index contributed by atoms with van der Waals surface area (Å²) in [6.45, 7) is 0. The molecule has 2 aromatic rings. The van der Waals surface area contributed by atoms with Gasteiger partial charge in [-0.25, -0.2) is 4.79 Å². The number of anilines is 1. The van der Waals surface area contributed by atoms with Gasteiger partial charge in [0.2, 0.25) is 0 Å². The van der Waals surface area contributed by atoms with E-state index in [1.54, 1.807) is 18.2 Å². The van der Waals surface area contributed by atoms with Gasteiger partial charge in [0.15, 0.2) is 5.82 Å². The van der Waals surface area contributed by atoms with E-state index in [0.29, 0.717) is 28.8 Å². The molecule has 7 nitrogen and oxygen atoms in total. The Morgan fingerprint density at radius 3 is 2.64 bits per heavy atom. The van der Waals surface area contributed by atoms with Gasteiger partial charge in [-0.2, -0.15) is 18.3 Å². The molecule has 0 radical (unpaired) electrons. The van der Waals surface area contributed by atoms with E-state index < -0.39 is 24.3 Å². The topological polar surface area (TPSA) is 101 Å². The molecular weight excluding hydrogens is 365 g/mol. The van der Waals surface area contributed by atoms with Gasteiger partial charge in [-0.1, -0.05) is 11.6 Å². The molecule has 1 aliphatic carbocycles. The number of benzene rings is 1. The molecule has 1 aromatic heterocycles. The van der Waals surface area contributed by atoms with Gasteiger partial charge in [0.05, 0.1) is 5.52 Å². The third-order valence-corrected chi connectivity index (χ3v) is 3.87. The van der Waals surface area contributed by atoms with Gasteiger partial charge < -0.3 is 15.4 Å². The third kappa shape index (κ3) is 3.48. The summed E-state index contributed by atoms with van der Waals surface area (Å²) in [5.74, 6) is -3.56. The van der Waals surface area contributed by atoms with E-state index in [9.17, 15) is 22.8 Å². The Bertz CT molecular complexity index is 834. The minimum atomic E-state index is -5.25. The first-order valence-corrected chi connectivity index (χ1v) is 7.55. The van der Waals surface area contributed by atoms with E-state index in [-0.39, 0.29) is 11.9 Å². The van der Waals surface area contributed by atoms with Gasteiger partial charge in [-0.05, 0) is 31.0 Å². The van der Waals surface area contributed by atoms with Crippen molar-refractivity contribution in [2.45, 2.75) is 31.3 Å². The van der Waals surface area contributed by atoms with E-state index >= 15 is 0 Å². The van der Waals surface area contributed by atoms with Crippen LogP contribution < -0.4 is 10.6 Å². The first-order chi connectivity index (χ1) is 11.7. The number of esters is 1. The second kappa shape index (κ2) is 6.10. The molecule has 1 amide bonds. The molecule has 1 aliphatic rings. The number of carbonyl (C=O) groups is 2. The summed E-state index contributed by atoms with van der Waals surface area (Å²) in [5, 5.41) is 7.64. The number of aromatic amines is 1. The summed E-state index contributed by atoms with van der Waals surface area (Å²) in [6, 6.07) is 4.41. The molecule has 1 fully saturated rings. The van der Waals surface area contributed by atoms with Crippen molar-refractivity contribution in [2.24, 2.45) is 5.73 Å². The number of hydrogen-bond donors (Lipinski definition) is 2. The van der Waals surface area contributed by atoms with Crippen molar-refractivity contribution < 1.29 is 27.5 Å². The average molecular weight is 377 g/mol. The summed E-state index contributed by atoms with van der Waals surface area (Å²) in [7, 11) is 0. The predicted octanol–water partition coefficient (Wildman–Crippen LogP) is 2.10. The number of nitrogens with zero attached hydrogens (tertiary/aromatic N) is 2. The Balaban J connectivity index is 2.00. The van der Waals surface area contributed by atoms with Crippen molar-refractivity contribution in [3.8, 4) is 0 Å². The number of aromatic nitrogens is 2. The highest BCUT2D eigenvalue weighted by atomic mass is 35.5. The van der Waals surface area contributed by atoms with Crippen LogP contribution in [-0.2, 0) is 14.3 Å². The van der Waals surface area contributed by atoms with Gasteiger partial charge in [0.25, 0.3) is 12.1 Å². The fraction of sp³-hybridized carbons (Fsp3) is 0.357. The van der Waals surface area contributed by atoms with Crippen LogP contribution in [-0.4, -0.2) is 40.5 Å². The fourth-order valence-corrected chi connectivity index (χ4v) is 2.59. The van der Waals surface area contributed by atoms with E-state index in [1.165, 1.54) is 4.90 Å². The summed E-state index contributed by atoms with van der Waals surface area (Å²) in [6.07, 6.45) is -5.99. The number of hydrogen-bond acceptors (Lipinski definition) is 5. The number of primary amides is 1. The number of rotatable bonds is 5. The Kier molecular flexibility index (Phi) is 4.23. The SMILES string of the molecule is NC(=O)C(OC(=O)C(F)(F)F)N(c1n[nH]c2cc(Cl)ccc12)C1CC1. The smallest absolute Gasteiger partial charge is 0.425 e. The maximum atomic E-state index is 12.5. The standard InChI is InChI=1S/C14H12ClF3N4O3/c15-6-1-4-8-9(5-6)20-21-11(8)22(7-2-3-7)12(10(19)23)25-13(24)14(16,17)18/h1,4-5,7,12H,2-3H2,(H2,19,23)(H,20,21). The summed E-state index contributed by atoms with van der Waals surface area (Å²) >= 11 is 5.88. The number of nitrogens with two attached hydrogens (primary N) is 1. The van der Waals surface area contributed by atoms with E-state index in [2.05, 4.69) is 14.9 Å². The quantitative estimate of drug-likeness (QED) is 0.614. The molecule has 3 rings (SSSR count). The Hall–Kier alpha value is -2.49. The lowest BCUT2D eigenvalue weighted by Gasteiger charge is -2.29. The first-order valence-electron chi connectivity index (χ1n) is 7.17. The predicted molar refractivity (Wildman–Crippen MR) is 81.7 cm³/mol. The minimum Gasteiger partial charge on any atom is -0.425 e. The molecule has 11 heteroatoms. The maximum absolute atomic E-state index is 12.5. The van der Waals surface area contributed by atoms with Crippen LogP contribution in [0.5, 0.6) is 0 Å². The molecule has 0 aliphatic heterocycles. The van der Waals surface area contributed by atoms with Gasteiger partial charge >= 0.3 is 12.1 Å². The van der Waals surface area contributed by atoms with Crippen molar-refractivity contribution in [2.75, 3.05) is 4.90 Å². The molecule has 1 unspecified atom stereocenters. The monoisotopic (exact) mass is 376 g/mol. The van der Waals surface area contributed by atoms with E-state index in [0.717, 1.165) is 0 Å². The molecule has 0 spiro atoms. The minimum absolute atomic E-state index is 0.160. The fourth-order valence-electron chi connectivity index (χ4n) is 2.42. The Morgan fingerprint density at radius 2 is 2.08 bits per heavy atom. The second-order valence-corrected chi connectivity index (χ2v) is 5.97. The zero-order valence-electron chi connectivity index (χ0n) is 12.5. The molecule has 25 heavy (non-hydrogen) atoms. The summed E-state index contributed by atoms with van der Waals surface area (Å²) < 4.78 is 41.9. The average Bonchev–Trinajstić information content (AvgIpc) is 3.26. The van der Waals surface area contributed by atoms with Crippen LogP contribution in [0.15, 0.2) is 18.2 Å². The lowest BCUT2D eigenvalue weighted by molar-refractivity contribution is -0.205. The zero-order chi connectivity index (χ0) is 18.4. The van der Waals surface area contributed by atoms with Crippen molar-refractivity contribution in [3.63, 3.8) is 0 Å². The van der Waals surface area contributed by atoms with Gasteiger partial charge in [0.1, 0.15) is 0 Å². The Morgan fingerprint density at radius 1 is 1.40 bits per heavy atom. The number of amides is 1. The number of halogens is 4. The molecule has 134 valence electrons. The van der Waals surface area contributed by atoms with Crippen LogP contribution in [0.1, 0.15) is 12.8 Å². The second-order valence-electron chi connectivity index (χ2n) is 5.53. The number of H-pyrrole nitrogens is 1. The number of ether oxygens (including phenoxy) is 1.